The van der Waals surface area contributed by atoms with Gasteiger partial charge in [0.05, 0.1) is 5.69 Å². The van der Waals surface area contributed by atoms with E-state index in [1.165, 1.54) is 4.31 Å². The summed E-state index contributed by atoms with van der Waals surface area (Å²) in [5.74, 6) is -0.606. The van der Waals surface area contributed by atoms with Gasteiger partial charge < -0.3 is 5.32 Å². The molecule has 3 aromatic rings. The Labute approximate surface area is 193 Å². The second-order valence-electron chi connectivity index (χ2n) is 7.39. The predicted molar refractivity (Wildman–Crippen MR) is 129 cm³/mol. The molecule has 164 valence electrons. The van der Waals surface area contributed by atoms with E-state index in [4.69, 9.17) is 11.6 Å². The number of nitrogens with one attached hydrogen (secondary N) is 1. The molecule has 4 rings (SSSR count). The van der Waals surface area contributed by atoms with Crippen LogP contribution in [-0.2, 0) is 21.2 Å². The molecule has 1 amide bonds. The average molecular weight is 467 g/mol. The zero-order valence-electron chi connectivity index (χ0n) is 17.6. The SMILES string of the molecule is CCN1c2ccccc2C(c2ccccc2)=C(C(=O)NCCc2ccc(Cl)cc2)S1(=O)=O. The van der Waals surface area contributed by atoms with Gasteiger partial charge in [0.1, 0.15) is 0 Å². The molecule has 32 heavy (non-hydrogen) atoms. The molecule has 0 saturated heterocycles. The molecule has 1 heterocycles. The van der Waals surface area contributed by atoms with Gasteiger partial charge in [-0.3, -0.25) is 9.10 Å². The maximum atomic E-state index is 13.6. The lowest BCUT2D eigenvalue weighted by atomic mass is 9.95. The summed E-state index contributed by atoms with van der Waals surface area (Å²) in [5.41, 5.74) is 3.40. The molecule has 0 spiro atoms. The number of rotatable bonds is 6. The lowest BCUT2D eigenvalue weighted by Crippen LogP contribution is -2.41. The molecule has 0 bridgehead atoms. The molecule has 0 unspecified atom stereocenters. The van der Waals surface area contributed by atoms with Gasteiger partial charge in [-0.25, -0.2) is 8.42 Å². The topological polar surface area (TPSA) is 66.5 Å². The van der Waals surface area contributed by atoms with Crippen molar-refractivity contribution in [1.82, 2.24) is 5.32 Å². The van der Waals surface area contributed by atoms with Gasteiger partial charge in [0.2, 0.25) is 0 Å². The molecular weight excluding hydrogens is 444 g/mol. The Morgan fingerprint density at radius 2 is 1.59 bits per heavy atom. The third-order valence-corrected chi connectivity index (χ3v) is 7.58. The van der Waals surface area contributed by atoms with Crippen LogP contribution in [0.1, 0.15) is 23.6 Å². The molecule has 7 heteroatoms. The number of carbonyl (C=O) groups is 1. The molecule has 1 N–H and O–H groups in total. The van der Waals surface area contributed by atoms with Crippen molar-refractivity contribution >= 4 is 38.8 Å². The normalized spacial score (nSPS) is 14.8. The molecule has 3 aromatic carbocycles. The number of sulfonamides is 1. The van der Waals surface area contributed by atoms with Crippen molar-refractivity contribution in [3.8, 4) is 0 Å². The van der Waals surface area contributed by atoms with Gasteiger partial charge in [0, 0.05) is 29.2 Å². The highest BCUT2D eigenvalue weighted by Crippen LogP contribution is 2.42. The van der Waals surface area contributed by atoms with Crippen LogP contribution in [0.3, 0.4) is 0 Å². The van der Waals surface area contributed by atoms with Crippen LogP contribution in [0, 0.1) is 0 Å². The van der Waals surface area contributed by atoms with Gasteiger partial charge in [-0.2, -0.15) is 0 Å². The summed E-state index contributed by atoms with van der Waals surface area (Å²) < 4.78 is 28.5. The zero-order valence-corrected chi connectivity index (χ0v) is 19.2. The summed E-state index contributed by atoms with van der Waals surface area (Å²) in [4.78, 5) is 13.1. The largest absolute Gasteiger partial charge is 0.351 e. The van der Waals surface area contributed by atoms with Gasteiger partial charge in [0.15, 0.2) is 4.91 Å². The summed E-state index contributed by atoms with van der Waals surface area (Å²) in [6.45, 7) is 2.29. The molecule has 0 fully saturated rings. The number of fused-ring (bicyclic) bond motifs is 1. The van der Waals surface area contributed by atoms with Crippen LogP contribution in [0.4, 0.5) is 5.69 Å². The van der Waals surface area contributed by atoms with E-state index in [2.05, 4.69) is 5.32 Å². The second kappa shape index (κ2) is 9.18. The van der Waals surface area contributed by atoms with Crippen LogP contribution in [0.25, 0.3) is 5.57 Å². The van der Waals surface area contributed by atoms with E-state index < -0.39 is 15.9 Å². The maximum absolute atomic E-state index is 13.6. The second-order valence-corrected chi connectivity index (χ2v) is 9.63. The minimum atomic E-state index is -4.04. The first-order chi connectivity index (χ1) is 15.4. The van der Waals surface area contributed by atoms with Crippen molar-refractivity contribution in [3.63, 3.8) is 0 Å². The van der Waals surface area contributed by atoms with E-state index in [1.807, 2.05) is 54.6 Å². The summed E-state index contributed by atoms with van der Waals surface area (Å²) in [5, 5.41) is 3.45. The fourth-order valence-corrected chi connectivity index (χ4v) is 5.80. The number of nitrogens with zero attached hydrogens (tertiary/aromatic N) is 1. The Morgan fingerprint density at radius 1 is 0.938 bits per heavy atom. The van der Waals surface area contributed by atoms with Crippen molar-refractivity contribution in [2.45, 2.75) is 13.3 Å². The third-order valence-electron chi connectivity index (χ3n) is 5.39. The van der Waals surface area contributed by atoms with Crippen LogP contribution in [0.15, 0.2) is 83.8 Å². The lowest BCUT2D eigenvalue weighted by molar-refractivity contribution is -0.116. The number of benzene rings is 3. The highest BCUT2D eigenvalue weighted by molar-refractivity contribution is 7.97. The average Bonchev–Trinajstić information content (AvgIpc) is 2.79. The van der Waals surface area contributed by atoms with Crippen LogP contribution >= 0.6 is 11.6 Å². The van der Waals surface area contributed by atoms with Crippen LogP contribution in [-0.4, -0.2) is 27.4 Å². The molecule has 0 radical (unpaired) electrons. The molecule has 1 aliphatic rings. The highest BCUT2D eigenvalue weighted by Gasteiger charge is 2.40. The number of hydrogen-bond donors (Lipinski definition) is 1. The lowest BCUT2D eigenvalue weighted by Gasteiger charge is -2.32. The number of amides is 1. The number of carbonyl (C=O) groups excluding carboxylic acids is 1. The Bertz CT molecular complexity index is 1270. The summed E-state index contributed by atoms with van der Waals surface area (Å²) in [7, 11) is -4.04. The van der Waals surface area contributed by atoms with E-state index in [0.29, 0.717) is 34.8 Å². The minimum absolute atomic E-state index is 0.222. The van der Waals surface area contributed by atoms with E-state index in [-0.39, 0.29) is 11.4 Å². The van der Waals surface area contributed by atoms with Gasteiger partial charge in [-0.15, -0.1) is 0 Å². The van der Waals surface area contributed by atoms with Crippen molar-refractivity contribution in [2.75, 3.05) is 17.4 Å². The van der Waals surface area contributed by atoms with Crippen LogP contribution < -0.4 is 9.62 Å². The van der Waals surface area contributed by atoms with Gasteiger partial charge in [0.25, 0.3) is 15.9 Å². The molecular formula is C25H23ClN2O3S. The molecule has 0 atom stereocenters. The quantitative estimate of drug-likeness (QED) is 0.576. The molecule has 1 aliphatic heterocycles. The zero-order chi connectivity index (χ0) is 22.7. The molecule has 0 aromatic heterocycles. The van der Waals surface area contributed by atoms with Crippen molar-refractivity contribution < 1.29 is 13.2 Å². The Hall–Kier alpha value is -3.09. The smallest absolute Gasteiger partial charge is 0.270 e. The van der Waals surface area contributed by atoms with E-state index in [0.717, 1.165) is 11.1 Å². The summed E-state index contributed by atoms with van der Waals surface area (Å²) >= 11 is 5.92. The van der Waals surface area contributed by atoms with E-state index in [1.54, 1.807) is 31.2 Å². The first-order valence-electron chi connectivity index (χ1n) is 10.4. The number of hydrogen-bond acceptors (Lipinski definition) is 3. The van der Waals surface area contributed by atoms with Crippen LogP contribution in [0.5, 0.6) is 0 Å². The first kappa shape index (κ1) is 22.1. The van der Waals surface area contributed by atoms with E-state index >= 15 is 0 Å². The fourth-order valence-electron chi connectivity index (χ4n) is 3.91. The van der Waals surface area contributed by atoms with Crippen molar-refractivity contribution in [1.29, 1.82) is 0 Å². The fraction of sp³-hybridized carbons (Fsp3) is 0.160. The highest BCUT2D eigenvalue weighted by atomic mass is 35.5. The van der Waals surface area contributed by atoms with Gasteiger partial charge in [-0.05, 0) is 42.7 Å². The summed E-state index contributed by atoms with van der Waals surface area (Å²) in [6.07, 6.45) is 0.561. The molecule has 0 aliphatic carbocycles. The van der Waals surface area contributed by atoms with Gasteiger partial charge >= 0.3 is 0 Å². The monoisotopic (exact) mass is 466 g/mol. The van der Waals surface area contributed by atoms with Crippen molar-refractivity contribution in [3.05, 3.63) is 105 Å². The number of anilines is 1. The Morgan fingerprint density at radius 3 is 2.28 bits per heavy atom. The maximum Gasteiger partial charge on any atom is 0.270 e. The summed E-state index contributed by atoms with van der Waals surface area (Å²) in [6, 6.07) is 23.8. The number of para-hydroxylation sites is 1. The Balaban J connectivity index is 1.76. The third kappa shape index (κ3) is 4.16. The van der Waals surface area contributed by atoms with Crippen LogP contribution in [0.2, 0.25) is 5.02 Å². The molecule has 5 nitrogen and oxygen atoms in total. The predicted octanol–water partition coefficient (Wildman–Crippen LogP) is 4.63. The van der Waals surface area contributed by atoms with E-state index in [9.17, 15) is 13.2 Å². The first-order valence-corrected chi connectivity index (χ1v) is 12.2. The minimum Gasteiger partial charge on any atom is -0.351 e. The van der Waals surface area contributed by atoms with Gasteiger partial charge in [-0.1, -0.05) is 72.3 Å². The molecule has 0 saturated carbocycles. The standard InChI is InChI=1S/C25H23ClN2O3S/c1-2-28-22-11-7-6-10-21(22)23(19-8-4-3-5-9-19)24(32(28,30)31)25(29)27-17-16-18-12-14-20(26)15-13-18/h3-15H,2,16-17H2,1H3,(H,27,29). The van der Waals surface area contributed by atoms with Crippen molar-refractivity contribution in [2.24, 2.45) is 0 Å². The number of halogens is 1. The Kier molecular flexibility index (Phi) is 6.35.